The standard InChI is InChI=1S/C12H10FN3/c1-8-12(7-14)9(2)16(15-8)11-5-3-4-10(13)6-11/h3-6H,1-2H3. The van der Waals surface area contributed by atoms with E-state index in [2.05, 4.69) is 11.2 Å². The van der Waals surface area contributed by atoms with E-state index in [0.29, 0.717) is 16.9 Å². The van der Waals surface area contributed by atoms with Crippen molar-refractivity contribution >= 4 is 0 Å². The van der Waals surface area contributed by atoms with Crippen LogP contribution >= 0.6 is 0 Å². The van der Waals surface area contributed by atoms with E-state index in [-0.39, 0.29) is 5.82 Å². The highest BCUT2D eigenvalue weighted by molar-refractivity contribution is 5.42. The molecule has 0 unspecified atom stereocenters. The SMILES string of the molecule is Cc1nn(-c2cccc(F)c2)c(C)c1C#N. The van der Waals surface area contributed by atoms with Gasteiger partial charge in [-0.25, -0.2) is 9.07 Å². The number of nitrogens with zero attached hydrogens (tertiary/aromatic N) is 3. The molecule has 80 valence electrons. The number of rotatable bonds is 1. The molecule has 1 heterocycles. The minimum absolute atomic E-state index is 0.316. The van der Waals surface area contributed by atoms with Gasteiger partial charge in [0.15, 0.2) is 0 Å². The topological polar surface area (TPSA) is 41.6 Å². The third kappa shape index (κ3) is 1.57. The lowest BCUT2D eigenvalue weighted by molar-refractivity contribution is 0.625. The molecule has 0 spiro atoms. The van der Waals surface area contributed by atoms with Crippen molar-refractivity contribution in [2.24, 2.45) is 0 Å². The fourth-order valence-corrected chi connectivity index (χ4v) is 1.66. The second kappa shape index (κ2) is 3.78. The van der Waals surface area contributed by atoms with Gasteiger partial charge in [0.1, 0.15) is 11.9 Å². The molecule has 16 heavy (non-hydrogen) atoms. The normalized spacial score (nSPS) is 10.1. The van der Waals surface area contributed by atoms with Gasteiger partial charge in [0, 0.05) is 0 Å². The van der Waals surface area contributed by atoms with Gasteiger partial charge in [-0.1, -0.05) is 6.07 Å². The summed E-state index contributed by atoms with van der Waals surface area (Å²) in [4.78, 5) is 0. The number of hydrogen-bond donors (Lipinski definition) is 0. The van der Waals surface area contributed by atoms with Gasteiger partial charge in [-0.2, -0.15) is 10.4 Å². The second-order valence-corrected chi connectivity index (χ2v) is 3.55. The Balaban J connectivity index is 2.62. The largest absolute Gasteiger partial charge is 0.236 e. The minimum Gasteiger partial charge on any atom is -0.236 e. The first kappa shape index (κ1) is 10.4. The van der Waals surface area contributed by atoms with Crippen molar-refractivity contribution in [3.63, 3.8) is 0 Å². The molecular formula is C12H10FN3. The van der Waals surface area contributed by atoms with Crippen molar-refractivity contribution in [3.05, 3.63) is 47.0 Å². The Morgan fingerprint density at radius 1 is 1.38 bits per heavy atom. The van der Waals surface area contributed by atoms with Crippen LogP contribution in [0.15, 0.2) is 24.3 Å². The number of benzene rings is 1. The number of halogens is 1. The predicted molar refractivity (Wildman–Crippen MR) is 57.7 cm³/mol. The summed E-state index contributed by atoms with van der Waals surface area (Å²) >= 11 is 0. The quantitative estimate of drug-likeness (QED) is 0.733. The van der Waals surface area contributed by atoms with E-state index in [1.165, 1.54) is 12.1 Å². The Bertz CT molecular complexity index is 578. The van der Waals surface area contributed by atoms with Crippen molar-refractivity contribution in [1.29, 1.82) is 5.26 Å². The molecule has 0 radical (unpaired) electrons. The van der Waals surface area contributed by atoms with Crippen molar-refractivity contribution < 1.29 is 4.39 Å². The summed E-state index contributed by atoms with van der Waals surface area (Å²) in [5.74, 6) is -0.316. The van der Waals surface area contributed by atoms with Gasteiger partial charge in [0.25, 0.3) is 0 Å². The van der Waals surface area contributed by atoms with E-state index >= 15 is 0 Å². The zero-order valence-corrected chi connectivity index (χ0v) is 9.03. The number of aromatic nitrogens is 2. The molecule has 0 aliphatic carbocycles. The van der Waals surface area contributed by atoms with E-state index in [1.807, 2.05) is 0 Å². The molecular weight excluding hydrogens is 205 g/mol. The molecule has 0 bridgehead atoms. The Morgan fingerprint density at radius 3 is 2.69 bits per heavy atom. The molecule has 2 rings (SSSR count). The summed E-state index contributed by atoms with van der Waals surface area (Å²) in [6.07, 6.45) is 0. The van der Waals surface area contributed by atoms with Crippen LogP contribution in [-0.2, 0) is 0 Å². The first-order valence-corrected chi connectivity index (χ1v) is 4.85. The van der Waals surface area contributed by atoms with Crippen LogP contribution in [0.3, 0.4) is 0 Å². The Hall–Kier alpha value is -2.15. The average Bonchev–Trinajstić information content (AvgIpc) is 2.54. The lowest BCUT2D eigenvalue weighted by Gasteiger charge is -2.03. The molecule has 0 aliphatic heterocycles. The molecule has 1 aromatic carbocycles. The molecule has 2 aromatic rings. The van der Waals surface area contributed by atoms with E-state index in [0.717, 1.165) is 5.69 Å². The number of nitriles is 1. The predicted octanol–water partition coefficient (Wildman–Crippen LogP) is 2.50. The van der Waals surface area contributed by atoms with E-state index in [1.54, 1.807) is 30.7 Å². The summed E-state index contributed by atoms with van der Waals surface area (Å²) in [6.45, 7) is 3.56. The van der Waals surface area contributed by atoms with Crippen molar-refractivity contribution in [3.8, 4) is 11.8 Å². The van der Waals surface area contributed by atoms with Gasteiger partial charge in [0.2, 0.25) is 0 Å². The molecule has 0 saturated carbocycles. The number of hydrogen-bond acceptors (Lipinski definition) is 2. The van der Waals surface area contributed by atoms with Crippen LogP contribution in [0.4, 0.5) is 4.39 Å². The first-order chi connectivity index (χ1) is 7.63. The highest BCUT2D eigenvalue weighted by Gasteiger charge is 2.12. The molecule has 0 saturated heterocycles. The van der Waals surface area contributed by atoms with E-state index in [4.69, 9.17) is 5.26 Å². The van der Waals surface area contributed by atoms with Crippen molar-refractivity contribution in [1.82, 2.24) is 9.78 Å². The monoisotopic (exact) mass is 215 g/mol. The van der Waals surface area contributed by atoms with Crippen LogP contribution in [0, 0.1) is 31.0 Å². The molecule has 0 N–H and O–H groups in total. The fourth-order valence-electron chi connectivity index (χ4n) is 1.66. The highest BCUT2D eigenvalue weighted by atomic mass is 19.1. The van der Waals surface area contributed by atoms with Crippen LogP contribution < -0.4 is 0 Å². The van der Waals surface area contributed by atoms with Crippen LogP contribution in [0.25, 0.3) is 5.69 Å². The van der Waals surface area contributed by atoms with Gasteiger partial charge >= 0.3 is 0 Å². The van der Waals surface area contributed by atoms with Crippen LogP contribution in [0.2, 0.25) is 0 Å². The molecule has 0 aliphatic rings. The van der Waals surface area contributed by atoms with Crippen molar-refractivity contribution in [2.75, 3.05) is 0 Å². The van der Waals surface area contributed by atoms with Gasteiger partial charge < -0.3 is 0 Å². The van der Waals surface area contributed by atoms with E-state index in [9.17, 15) is 4.39 Å². The summed E-state index contributed by atoms with van der Waals surface area (Å²) in [7, 11) is 0. The Labute approximate surface area is 92.7 Å². The van der Waals surface area contributed by atoms with Gasteiger partial charge in [0.05, 0.1) is 22.6 Å². The van der Waals surface area contributed by atoms with Crippen LogP contribution in [0.5, 0.6) is 0 Å². The maximum atomic E-state index is 13.1. The zero-order chi connectivity index (χ0) is 11.7. The molecule has 3 nitrogen and oxygen atoms in total. The fraction of sp³-hybridized carbons (Fsp3) is 0.167. The van der Waals surface area contributed by atoms with Gasteiger partial charge in [-0.05, 0) is 32.0 Å². The average molecular weight is 215 g/mol. The molecule has 0 atom stereocenters. The Morgan fingerprint density at radius 2 is 2.12 bits per heavy atom. The highest BCUT2D eigenvalue weighted by Crippen LogP contribution is 2.17. The summed E-state index contributed by atoms with van der Waals surface area (Å²) in [5.41, 5.74) is 2.56. The van der Waals surface area contributed by atoms with Crippen LogP contribution in [-0.4, -0.2) is 9.78 Å². The zero-order valence-electron chi connectivity index (χ0n) is 9.03. The maximum absolute atomic E-state index is 13.1. The summed E-state index contributed by atoms with van der Waals surface area (Å²) in [5, 5.41) is 13.2. The Kier molecular flexibility index (Phi) is 2.45. The molecule has 4 heteroatoms. The first-order valence-electron chi connectivity index (χ1n) is 4.85. The summed E-state index contributed by atoms with van der Waals surface area (Å²) in [6, 6.07) is 8.23. The lowest BCUT2D eigenvalue weighted by Crippen LogP contribution is -1.99. The number of aryl methyl sites for hydroxylation is 1. The second-order valence-electron chi connectivity index (χ2n) is 3.55. The smallest absolute Gasteiger partial charge is 0.125 e. The third-order valence-electron chi connectivity index (χ3n) is 2.46. The van der Waals surface area contributed by atoms with Crippen LogP contribution in [0.1, 0.15) is 17.0 Å². The molecule has 1 aromatic heterocycles. The third-order valence-corrected chi connectivity index (χ3v) is 2.46. The van der Waals surface area contributed by atoms with Crippen molar-refractivity contribution in [2.45, 2.75) is 13.8 Å². The maximum Gasteiger partial charge on any atom is 0.125 e. The minimum atomic E-state index is -0.316. The molecule has 0 amide bonds. The van der Waals surface area contributed by atoms with Gasteiger partial charge in [-0.3, -0.25) is 0 Å². The summed E-state index contributed by atoms with van der Waals surface area (Å²) < 4.78 is 14.6. The molecule has 0 fully saturated rings. The van der Waals surface area contributed by atoms with Gasteiger partial charge in [-0.15, -0.1) is 0 Å². The lowest BCUT2D eigenvalue weighted by atomic mass is 10.2. The van der Waals surface area contributed by atoms with E-state index < -0.39 is 0 Å².